The first-order valence-corrected chi connectivity index (χ1v) is 7.19. The van der Waals surface area contributed by atoms with Crippen LogP contribution in [0, 0.1) is 0 Å². The number of benzene rings is 1. The van der Waals surface area contributed by atoms with Crippen molar-refractivity contribution in [1.29, 1.82) is 0 Å². The zero-order valence-corrected chi connectivity index (χ0v) is 11.3. The molecule has 4 heteroatoms. The highest BCUT2D eigenvalue weighted by molar-refractivity contribution is 5.98. The number of hydrogen-bond donors (Lipinski definition) is 0. The SMILES string of the molecule is O=C(c1ccc2cccnc2c1)N1CCN2CCC1C2. The molecular formula is C16H17N3O. The normalized spacial score (nSPS) is 25.1. The summed E-state index contributed by atoms with van der Waals surface area (Å²) in [6.07, 6.45) is 2.88. The lowest BCUT2D eigenvalue weighted by atomic mass is 10.1. The quantitative estimate of drug-likeness (QED) is 0.790. The number of carbonyl (C=O) groups is 1. The number of fused-ring (bicyclic) bond motifs is 3. The lowest BCUT2D eigenvalue weighted by Gasteiger charge is -2.34. The number of piperazine rings is 1. The van der Waals surface area contributed by atoms with Crippen LogP contribution in [0.5, 0.6) is 0 Å². The van der Waals surface area contributed by atoms with Gasteiger partial charge in [-0.3, -0.25) is 14.7 Å². The molecule has 2 fully saturated rings. The highest BCUT2D eigenvalue weighted by atomic mass is 16.2. The molecule has 2 bridgehead atoms. The third-order valence-electron chi connectivity index (χ3n) is 4.46. The van der Waals surface area contributed by atoms with E-state index in [4.69, 9.17) is 0 Å². The van der Waals surface area contributed by atoms with Gasteiger partial charge < -0.3 is 4.90 Å². The Bertz CT molecular complexity index is 670. The number of rotatable bonds is 1. The molecule has 0 spiro atoms. The number of pyridine rings is 1. The van der Waals surface area contributed by atoms with Crippen molar-refractivity contribution in [1.82, 2.24) is 14.8 Å². The lowest BCUT2D eigenvalue weighted by Crippen LogP contribution is -2.49. The minimum Gasteiger partial charge on any atom is -0.333 e. The summed E-state index contributed by atoms with van der Waals surface area (Å²) >= 11 is 0. The van der Waals surface area contributed by atoms with E-state index in [2.05, 4.69) is 9.88 Å². The van der Waals surface area contributed by atoms with E-state index in [9.17, 15) is 4.79 Å². The molecule has 2 unspecified atom stereocenters. The molecule has 0 saturated carbocycles. The Balaban J connectivity index is 1.66. The largest absolute Gasteiger partial charge is 0.333 e. The number of nitrogens with zero attached hydrogens (tertiary/aromatic N) is 3. The maximum Gasteiger partial charge on any atom is 0.254 e. The fourth-order valence-corrected chi connectivity index (χ4v) is 3.33. The molecule has 2 atom stereocenters. The van der Waals surface area contributed by atoms with E-state index >= 15 is 0 Å². The first kappa shape index (κ1) is 11.9. The second-order valence-corrected chi connectivity index (χ2v) is 5.65. The zero-order chi connectivity index (χ0) is 13.5. The molecular weight excluding hydrogens is 250 g/mol. The van der Waals surface area contributed by atoms with Crippen molar-refractivity contribution >= 4 is 16.8 Å². The molecule has 1 amide bonds. The molecule has 2 aliphatic rings. The van der Waals surface area contributed by atoms with Crippen LogP contribution in [0.4, 0.5) is 0 Å². The van der Waals surface area contributed by atoms with Crippen LogP contribution in [0.3, 0.4) is 0 Å². The molecule has 102 valence electrons. The zero-order valence-electron chi connectivity index (χ0n) is 11.3. The Morgan fingerprint density at radius 1 is 1.20 bits per heavy atom. The lowest BCUT2D eigenvalue weighted by molar-refractivity contribution is 0.0609. The van der Waals surface area contributed by atoms with E-state index < -0.39 is 0 Å². The predicted molar refractivity (Wildman–Crippen MR) is 77.6 cm³/mol. The summed E-state index contributed by atoms with van der Waals surface area (Å²) in [5, 5.41) is 1.08. The predicted octanol–water partition coefficient (Wildman–Crippen LogP) is 1.76. The summed E-state index contributed by atoms with van der Waals surface area (Å²) in [5.41, 5.74) is 1.65. The van der Waals surface area contributed by atoms with Gasteiger partial charge in [-0.25, -0.2) is 0 Å². The van der Waals surface area contributed by atoms with E-state index in [-0.39, 0.29) is 5.91 Å². The third kappa shape index (κ3) is 1.88. The molecule has 2 aromatic rings. The van der Waals surface area contributed by atoms with Crippen LogP contribution in [-0.4, -0.2) is 52.9 Å². The monoisotopic (exact) mass is 267 g/mol. The van der Waals surface area contributed by atoms with Crippen LogP contribution in [0.2, 0.25) is 0 Å². The second-order valence-electron chi connectivity index (χ2n) is 5.65. The molecule has 0 N–H and O–H groups in total. The van der Waals surface area contributed by atoms with Crippen LogP contribution in [-0.2, 0) is 0 Å². The molecule has 1 aromatic carbocycles. The Kier molecular flexibility index (Phi) is 2.70. The molecule has 0 radical (unpaired) electrons. The van der Waals surface area contributed by atoms with Crippen LogP contribution in [0.25, 0.3) is 10.9 Å². The van der Waals surface area contributed by atoms with Gasteiger partial charge in [0.15, 0.2) is 0 Å². The molecule has 4 rings (SSSR count). The maximum absolute atomic E-state index is 12.7. The fraction of sp³-hybridized carbons (Fsp3) is 0.375. The van der Waals surface area contributed by atoms with Gasteiger partial charge in [-0.2, -0.15) is 0 Å². The van der Waals surface area contributed by atoms with Crippen molar-refractivity contribution in [3.63, 3.8) is 0 Å². The van der Waals surface area contributed by atoms with Gasteiger partial charge in [0.25, 0.3) is 5.91 Å². The number of amides is 1. The van der Waals surface area contributed by atoms with Crippen molar-refractivity contribution in [3.05, 3.63) is 42.1 Å². The van der Waals surface area contributed by atoms with E-state index in [1.807, 2.05) is 35.2 Å². The summed E-state index contributed by atoms with van der Waals surface area (Å²) < 4.78 is 0. The second kappa shape index (κ2) is 4.56. The van der Waals surface area contributed by atoms with Crippen molar-refractivity contribution in [2.75, 3.05) is 26.2 Å². The van der Waals surface area contributed by atoms with Crippen LogP contribution in [0.15, 0.2) is 36.5 Å². The van der Waals surface area contributed by atoms with E-state index in [0.717, 1.165) is 49.1 Å². The van der Waals surface area contributed by atoms with Crippen molar-refractivity contribution in [2.24, 2.45) is 0 Å². The molecule has 1 aromatic heterocycles. The van der Waals surface area contributed by atoms with E-state index in [1.165, 1.54) is 0 Å². The molecule has 20 heavy (non-hydrogen) atoms. The Labute approximate surface area is 118 Å². The van der Waals surface area contributed by atoms with E-state index in [0.29, 0.717) is 6.04 Å². The summed E-state index contributed by atoms with van der Waals surface area (Å²) in [4.78, 5) is 21.5. The van der Waals surface area contributed by atoms with E-state index in [1.54, 1.807) is 6.20 Å². The molecule has 0 aliphatic carbocycles. The first-order chi connectivity index (χ1) is 9.81. The summed E-state index contributed by atoms with van der Waals surface area (Å²) in [5.74, 6) is 0.157. The van der Waals surface area contributed by atoms with Crippen LogP contribution in [0.1, 0.15) is 16.8 Å². The molecule has 4 nitrogen and oxygen atoms in total. The Morgan fingerprint density at radius 3 is 3.10 bits per heavy atom. The summed E-state index contributed by atoms with van der Waals surface area (Å²) in [6.45, 7) is 4.03. The van der Waals surface area contributed by atoms with Gasteiger partial charge in [-0.1, -0.05) is 12.1 Å². The van der Waals surface area contributed by atoms with Crippen molar-refractivity contribution in [3.8, 4) is 0 Å². The first-order valence-electron chi connectivity index (χ1n) is 7.19. The highest BCUT2D eigenvalue weighted by Gasteiger charge is 2.35. The number of aromatic nitrogens is 1. The minimum atomic E-state index is 0.157. The minimum absolute atomic E-state index is 0.157. The van der Waals surface area contributed by atoms with Gasteiger partial charge in [-0.05, 0) is 24.6 Å². The Hall–Kier alpha value is -1.94. The number of hydrogen-bond acceptors (Lipinski definition) is 3. The van der Waals surface area contributed by atoms with Crippen LogP contribution >= 0.6 is 0 Å². The maximum atomic E-state index is 12.7. The number of carbonyl (C=O) groups excluding carboxylic acids is 1. The molecule has 2 saturated heterocycles. The van der Waals surface area contributed by atoms with Gasteiger partial charge in [0, 0.05) is 49.4 Å². The molecule has 3 heterocycles. The van der Waals surface area contributed by atoms with Gasteiger partial charge in [-0.15, -0.1) is 0 Å². The van der Waals surface area contributed by atoms with Crippen molar-refractivity contribution in [2.45, 2.75) is 12.5 Å². The van der Waals surface area contributed by atoms with Gasteiger partial charge in [0.05, 0.1) is 5.52 Å². The van der Waals surface area contributed by atoms with Gasteiger partial charge in [0.1, 0.15) is 0 Å². The standard InChI is InChI=1S/C16H17N3O/c20-16(19-9-8-18-7-5-14(19)11-18)13-4-3-12-2-1-6-17-15(12)10-13/h1-4,6,10,14H,5,7-9,11H2. The Morgan fingerprint density at radius 2 is 2.15 bits per heavy atom. The third-order valence-corrected chi connectivity index (χ3v) is 4.46. The average Bonchev–Trinajstić information content (AvgIpc) is 2.88. The average molecular weight is 267 g/mol. The highest BCUT2D eigenvalue weighted by Crippen LogP contribution is 2.23. The van der Waals surface area contributed by atoms with Gasteiger partial charge in [0.2, 0.25) is 0 Å². The summed E-state index contributed by atoms with van der Waals surface area (Å²) in [7, 11) is 0. The smallest absolute Gasteiger partial charge is 0.254 e. The topological polar surface area (TPSA) is 36.4 Å². The fourth-order valence-electron chi connectivity index (χ4n) is 3.33. The van der Waals surface area contributed by atoms with Gasteiger partial charge >= 0.3 is 0 Å². The van der Waals surface area contributed by atoms with Crippen molar-refractivity contribution < 1.29 is 4.79 Å². The summed E-state index contributed by atoms with van der Waals surface area (Å²) in [6, 6.07) is 10.2. The molecule has 2 aliphatic heterocycles. The van der Waals surface area contributed by atoms with Crippen LogP contribution < -0.4 is 0 Å².